The van der Waals surface area contributed by atoms with Gasteiger partial charge in [0.05, 0.1) is 6.61 Å². The Balaban J connectivity index is 1.87. The fraction of sp³-hybridized carbons (Fsp3) is 0.880. The van der Waals surface area contributed by atoms with Crippen LogP contribution >= 0.6 is 11.8 Å². The van der Waals surface area contributed by atoms with Crippen molar-refractivity contribution in [2.75, 3.05) is 65.2 Å². The average Bonchev–Trinajstić information content (AvgIpc) is 3.30. The quantitative estimate of drug-likeness (QED) is 0.0389. The summed E-state index contributed by atoms with van der Waals surface area (Å²) in [6.45, 7) is 8.11. The van der Waals surface area contributed by atoms with Crippen molar-refractivity contribution in [3.8, 4) is 0 Å². The number of rotatable bonds is 43. The maximum atomic E-state index is 12.2. The first-order valence-electron chi connectivity index (χ1n) is 26.3. The molecule has 0 aromatic rings. The first-order valence-corrected chi connectivity index (χ1v) is 27.3. The van der Waals surface area contributed by atoms with Crippen LogP contribution in [-0.2, 0) is 33.5 Å². The summed E-state index contributed by atoms with van der Waals surface area (Å²) >= 11 is 1.30. The first kappa shape index (κ1) is 63.9. The Bertz CT molecular complexity index is 1440. The van der Waals surface area contributed by atoms with Crippen molar-refractivity contribution in [1.29, 1.82) is 0 Å². The first-order chi connectivity index (χ1) is 33.0. The molecule has 0 aromatic heterocycles. The van der Waals surface area contributed by atoms with Crippen molar-refractivity contribution in [3.05, 3.63) is 0 Å². The van der Waals surface area contributed by atoms with Crippen molar-refractivity contribution in [3.63, 3.8) is 0 Å². The van der Waals surface area contributed by atoms with Crippen LogP contribution in [0.1, 0.15) is 188 Å². The molecule has 0 aliphatic carbocycles. The number of aliphatic hydroxyl groups excluding tert-OH is 1. The number of carbonyl (C=O) groups is 6. The third-order valence-electron chi connectivity index (χ3n) is 13.0. The van der Waals surface area contributed by atoms with Gasteiger partial charge in [0.15, 0.2) is 0 Å². The molecule has 6 amide bonds. The summed E-state index contributed by atoms with van der Waals surface area (Å²) in [5, 5.41) is 63.0. The predicted octanol–water partition coefficient (Wildman–Crippen LogP) is 3.75. The lowest BCUT2D eigenvalue weighted by molar-refractivity contribution is -0.326. The summed E-state index contributed by atoms with van der Waals surface area (Å²) in [7, 11) is 1.93. The number of thioether (sulfide) groups is 1. The molecule has 5 atom stereocenters. The number of unbranched alkanes of at least 4 members (excludes halogenated alkanes) is 13. The van der Waals surface area contributed by atoms with Gasteiger partial charge in [-0.25, -0.2) is 0 Å². The van der Waals surface area contributed by atoms with E-state index in [2.05, 4.69) is 37.2 Å². The van der Waals surface area contributed by atoms with Crippen LogP contribution in [0.25, 0.3) is 0 Å². The highest BCUT2D eigenvalue weighted by atomic mass is 32.2. The summed E-state index contributed by atoms with van der Waals surface area (Å²) in [4.78, 5) is 72.7. The maximum absolute atomic E-state index is 12.2. The van der Waals surface area contributed by atoms with E-state index in [4.69, 9.17) is 4.74 Å². The normalized spacial score (nSPS) is 21.0. The Labute approximate surface area is 418 Å². The highest BCUT2D eigenvalue weighted by molar-refractivity contribution is 7.99. The van der Waals surface area contributed by atoms with Gasteiger partial charge in [0.25, 0.3) is 0 Å². The molecule has 5 unspecified atom stereocenters. The molecule has 0 spiro atoms. The largest absolute Gasteiger partial charge is 0.394 e. The van der Waals surface area contributed by atoms with Gasteiger partial charge in [0, 0.05) is 77.8 Å². The lowest BCUT2D eigenvalue weighted by Crippen LogP contribution is -2.76. The minimum Gasteiger partial charge on any atom is -0.394 e. The maximum Gasteiger partial charge on any atom is 0.219 e. The molecule has 0 radical (unpaired) electrons. The molecule has 1 fully saturated rings. The lowest BCUT2D eigenvalue weighted by Gasteiger charge is -2.57. The third-order valence-corrected chi connectivity index (χ3v) is 14.4. The summed E-state index contributed by atoms with van der Waals surface area (Å²) in [5.74, 6) is 0.779. The molecular formula is C50H95N7O11S. The van der Waals surface area contributed by atoms with Gasteiger partial charge < -0.3 is 62.4 Å². The Hall–Kier alpha value is -3.07. The topological polar surface area (TPSA) is 277 Å². The van der Waals surface area contributed by atoms with Crippen molar-refractivity contribution in [2.45, 2.75) is 216 Å². The van der Waals surface area contributed by atoms with Crippen LogP contribution < -0.4 is 37.2 Å². The van der Waals surface area contributed by atoms with Crippen LogP contribution in [0.4, 0.5) is 0 Å². The molecule has 69 heavy (non-hydrogen) atoms. The van der Waals surface area contributed by atoms with E-state index in [1.807, 2.05) is 7.05 Å². The highest BCUT2D eigenvalue weighted by Gasteiger charge is 2.65. The van der Waals surface area contributed by atoms with E-state index in [1.54, 1.807) is 0 Å². The number of amides is 6. The zero-order valence-electron chi connectivity index (χ0n) is 43.0. The van der Waals surface area contributed by atoms with E-state index < -0.39 is 34.9 Å². The molecule has 1 saturated heterocycles. The van der Waals surface area contributed by atoms with Crippen LogP contribution in [0.2, 0.25) is 0 Å². The molecule has 1 heterocycles. The predicted molar refractivity (Wildman–Crippen MR) is 272 cm³/mol. The number of ether oxygens (including phenoxy) is 1. The van der Waals surface area contributed by atoms with Gasteiger partial charge in [-0.2, -0.15) is 0 Å². The minimum absolute atomic E-state index is 0.00780. The molecule has 0 bridgehead atoms. The van der Waals surface area contributed by atoms with E-state index in [9.17, 15) is 49.2 Å². The molecule has 402 valence electrons. The summed E-state index contributed by atoms with van der Waals surface area (Å²) in [5.41, 5.74) is -6.36. The van der Waals surface area contributed by atoms with E-state index in [0.717, 1.165) is 135 Å². The van der Waals surface area contributed by atoms with E-state index in [0.29, 0.717) is 83.5 Å². The second-order valence-electron chi connectivity index (χ2n) is 19.2. The van der Waals surface area contributed by atoms with Gasteiger partial charge in [-0.3, -0.25) is 28.8 Å². The smallest absolute Gasteiger partial charge is 0.219 e. The van der Waals surface area contributed by atoms with Crippen molar-refractivity contribution in [2.24, 2.45) is 0 Å². The molecule has 1 aliphatic rings. The summed E-state index contributed by atoms with van der Waals surface area (Å²) in [6.07, 6.45) is 18.5. The molecule has 11 N–H and O–H groups in total. The Morgan fingerprint density at radius 3 is 0.971 bits per heavy atom. The lowest BCUT2D eigenvalue weighted by atomic mass is 9.69. The molecular weight excluding hydrogens is 907 g/mol. The van der Waals surface area contributed by atoms with Gasteiger partial charge in [-0.05, 0) is 130 Å². The summed E-state index contributed by atoms with van der Waals surface area (Å²) < 4.78 is 5.75. The average molecular weight is 1000 g/mol. The van der Waals surface area contributed by atoms with Crippen LogP contribution in [0.15, 0.2) is 0 Å². The number of hydrogen-bond donors (Lipinski definition) is 11. The second kappa shape index (κ2) is 38.6. The van der Waals surface area contributed by atoms with Crippen molar-refractivity contribution in [1.82, 2.24) is 37.2 Å². The van der Waals surface area contributed by atoms with Gasteiger partial charge >= 0.3 is 0 Å². The highest BCUT2D eigenvalue weighted by Crippen LogP contribution is 2.47. The van der Waals surface area contributed by atoms with E-state index in [-0.39, 0.29) is 35.4 Å². The zero-order valence-corrected chi connectivity index (χ0v) is 43.8. The number of carbonyl (C=O) groups excluding carboxylic acids is 6. The van der Waals surface area contributed by atoms with Gasteiger partial charge in [0.2, 0.25) is 35.4 Å². The van der Waals surface area contributed by atoms with Crippen LogP contribution in [-0.4, -0.2) is 149 Å². The monoisotopic (exact) mass is 1000 g/mol. The standard InChI is InChI=1S/C50H95N7O11S/c1-48(65)40(39-58)68-47(49(2,66)50(48,3)67)69-38-24-23-37-57-46(64)30-16-10-22-36-56-45(63)29-15-9-21-35-55-44(62)28-14-8-20-34-54-43(61)27-13-7-19-33-53-42(60)26-12-6-18-32-52-41(59)25-11-5-17-31-51-4/h40,47,51,58,65-67H,5-39H2,1-4H3,(H,52,59)(H,53,60)(H,54,61)(H,55,62)(H,56,63)(H,57,64). The van der Waals surface area contributed by atoms with Gasteiger partial charge in [0.1, 0.15) is 28.3 Å². The Kier molecular flexibility index (Phi) is 35.8. The summed E-state index contributed by atoms with van der Waals surface area (Å²) in [6, 6.07) is 0. The molecule has 0 aromatic carbocycles. The number of hydrogen-bond acceptors (Lipinski definition) is 13. The second-order valence-corrected chi connectivity index (χ2v) is 20.3. The minimum atomic E-state index is -1.91. The van der Waals surface area contributed by atoms with Crippen LogP contribution in [0, 0.1) is 0 Å². The zero-order chi connectivity index (χ0) is 51.2. The molecule has 19 heteroatoms. The molecule has 18 nitrogen and oxygen atoms in total. The molecule has 1 rings (SSSR count). The fourth-order valence-electron chi connectivity index (χ4n) is 7.91. The Morgan fingerprint density at radius 2 is 0.696 bits per heavy atom. The van der Waals surface area contributed by atoms with Crippen LogP contribution in [0.3, 0.4) is 0 Å². The fourth-order valence-corrected chi connectivity index (χ4v) is 9.26. The Morgan fingerprint density at radius 1 is 0.420 bits per heavy atom. The van der Waals surface area contributed by atoms with Crippen LogP contribution in [0.5, 0.6) is 0 Å². The number of nitrogens with one attached hydrogen (secondary N) is 7. The molecule has 1 aliphatic heterocycles. The SMILES string of the molecule is CNCCCCCC(=O)NCCCCCC(=O)NCCCCCC(=O)NCCCCCC(=O)NCCCCCC(=O)NCCCCCC(=O)NCCCCSC1OC(CO)C(C)(O)C(C)(O)C1(C)O. The number of aliphatic hydroxyl groups is 4. The molecule has 0 saturated carbocycles. The third kappa shape index (κ3) is 29.1. The van der Waals surface area contributed by atoms with Gasteiger partial charge in [-0.1, -0.05) is 38.5 Å². The van der Waals surface area contributed by atoms with E-state index >= 15 is 0 Å². The van der Waals surface area contributed by atoms with Crippen molar-refractivity contribution >= 4 is 47.2 Å². The van der Waals surface area contributed by atoms with E-state index in [1.165, 1.54) is 32.5 Å². The van der Waals surface area contributed by atoms with Gasteiger partial charge in [-0.15, -0.1) is 11.8 Å². The van der Waals surface area contributed by atoms with Crippen molar-refractivity contribution < 1.29 is 53.9 Å².